The second kappa shape index (κ2) is 4.45. The molecule has 0 saturated carbocycles. The fourth-order valence-corrected chi connectivity index (χ4v) is 1.95. The first-order valence-electron chi connectivity index (χ1n) is 5.77. The fraction of sp³-hybridized carbons (Fsp3) is 0.462. The van der Waals surface area contributed by atoms with Gasteiger partial charge in [-0.25, -0.2) is 4.39 Å². The summed E-state index contributed by atoms with van der Waals surface area (Å²) in [7, 11) is 0. The number of amides is 1. The Bertz CT molecular complexity index is 410. The number of halogens is 1. The largest absolute Gasteiger partial charge is 0.386 e. The van der Waals surface area contributed by atoms with Crippen LogP contribution < -0.4 is 0 Å². The van der Waals surface area contributed by atoms with Gasteiger partial charge < -0.3 is 10.0 Å². The Balaban J connectivity index is 1.89. The van der Waals surface area contributed by atoms with Gasteiger partial charge in [0.05, 0.1) is 25.1 Å². The average Bonchev–Trinajstić information content (AvgIpc) is 2.28. The number of benzene rings is 1. The van der Waals surface area contributed by atoms with Crippen LogP contribution in [0.25, 0.3) is 0 Å². The van der Waals surface area contributed by atoms with E-state index in [1.165, 1.54) is 12.1 Å². The fourth-order valence-electron chi connectivity index (χ4n) is 1.95. The topological polar surface area (TPSA) is 40.5 Å². The third-order valence-corrected chi connectivity index (χ3v) is 3.25. The minimum absolute atomic E-state index is 0.0188. The Labute approximate surface area is 99.9 Å². The monoisotopic (exact) mass is 237 g/mol. The minimum atomic E-state index is -0.696. The predicted octanol–water partition coefficient (Wildman–Crippen LogP) is 1.35. The molecule has 1 aliphatic heterocycles. The van der Waals surface area contributed by atoms with Crippen LogP contribution >= 0.6 is 0 Å². The lowest BCUT2D eigenvalue weighted by atomic mass is 9.91. The lowest BCUT2D eigenvalue weighted by Crippen LogP contribution is -2.63. The van der Waals surface area contributed by atoms with Crippen molar-refractivity contribution in [2.24, 2.45) is 0 Å². The molecule has 2 rings (SSSR count). The molecule has 1 N–H and O–H groups in total. The molecule has 0 aromatic heterocycles. The lowest BCUT2D eigenvalue weighted by Gasteiger charge is -2.46. The number of carbonyl (C=O) groups excluding carboxylic acids is 1. The van der Waals surface area contributed by atoms with Crippen molar-refractivity contribution in [1.82, 2.24) is 4.90 Å². The maximum absolute atomic E-state index is 12.7. The molecule has 1 amide bonds. The van der Waals surface area contributed by atoms with Crippen LogP contribution in [0.15, 0.2) is 24.3 Å². The van der Waals surface area contributed by atoms with E-state index in [9.17, 15) is 14.3 Å². The highest BCUT2D eigenvalue weighted by atomic mass is 19.1. The number of hydrogen-bond donors (Lipinski definition) is 1. The summed E-state index contributed by atoms with van der Waals surface area (Å²) in [4.78, 5) is 13.4. The highest BCUT2D eigenvalue weighted by molar-refractivity contribution is 5.79. The maximum atomic E-state index is 12.7. The van der Waals surface area contributed by atoms with Crippen molar-refractivity contribution >= 4 is 5.91 Å². The molecule has 92 valence electrons. The molecule has 0 unspecified atom stereocenters. The van der Waals surface area contributed by atoms with Crippen molar-refractivity contribution in [2.45, 2.75) is 25.4 Å². The summed E-state index contributed by atoms with van der Waals surface area (Å²) in [5, 5.41) is 9.80. The summed E-state index contributed by atoms with van der Waals surface area (Å²) in [6.07, 6.45) is 0.924. The summed E-state index contributed by atoms with van der Waals surface area (Å²) >= 11 is 0. The van der Waals surface area contributed by atoms with Gasteiger partial charge in [0.1, 0.15) is 5.82 Å². The van der Waals surface area contributed by atoms with Crippen molar-refractivity contribution in [3.05, 3.63) is 35.6 Å². The number of nitrogens with zero attached hydrogens (tertiary/aromatic N) is 1. The van der Waals surface area contributed by atoms with E-state index < -0.39 is 5.60 Å². The van der Waals surface area contributed by atoms with Crippen LogP contribution in [0.3, 0.4) is 0 Å². The van der Waals surface area contributed by atoms with Gasteiger partial charge in [-0.2, -0.15) is 0 Å². The number of rotatable bonds is 3. The van der Waals surface area contributed by atoms with Crippen molar-refractivity contribution in [1.29, 1.82) is 0 Å². The van der Waals surface area contributed by atoms with Gasteiger partial charge >= 0.3 is 0 Å². The second-order valence-electron chi connectivity index (χ2n) is 4.63. The average molecular weight is 237 g/mol. The van der Waals surface area contributed by atoms with E-state index in [0.717, 1.165) is 5.56 Å². The molecule has 0 bridgehead atoms. The van der Waals surface area contributed by atoms with Crippen LogP contribution in [0.2, 0.25) is 0 Å². The first kappa shape index (κ1) is 12.0. The molecule has 1 aromatic carbocycles. The van der Waals surface area contributed by atoms with Crippen LogP contribution in [-0.4, -0.2) is 34.6 Å². The predicted molar refractivity (Wildman–Crippen MR) is 61.9 cm³/mol. The number of β-amino-alcohol motifs (C(OH)–C–C–N with tert-alkyl or cyclic N) is 1. The minimum Gasteiger partial charge on any atom is -0.386 e. The third kappa shape index (κ3) is 2.64. The molecule has 1 heterocycles. The van der Waals surface area contributed by atoms with E-state index in [1.807, 2.05) is 6.92 Å². The molecule has 1 aliphatic rings. The van der Waals surface area contributed by atoms with Gasteiger partial charge in [-0.05, 0) is 24.1 Å². The summed E-state index contributed by atoms with van der Waals surface area (Å²) in [5.74, 6) is -0.319. The van der Waals surface area contributed by atoms with E-state index in [0.29, 0.717) is 19.5 Å². The zero-order valence-corrected chi connectivity index (χ0v) is 9.82. The summed E-state index contributed by atoms with van der Waals surface area (Å²) < 4.78 is 12.7. The van der Waals surface area contributed by atoms with E-state index in [2.05, 4.69) is 0 Å². The molecule has 1 saturated heterocycles. The van der Waals surface area contributed by atoms with Crippen molar-refractivity contribution in [3.8, 4) is 0 Å². The van der Waals surface area contributed by atoms with Crippen LogP contribution in [0.4, 0.5) is 4.39 Å². The van der Waals surface area contributed by atoms with E-state index in [1.54, 1.807) is 17.0 Å². The van der Waals surface area contributed by atoms with Crippen LogP contribution in [0.5, 0.6) is 0 Å². The third-order valence-electron chi connectivity index (χ3n) is 3.25. The number of aliphatic hydroxyl groups is 1. The first-order valence-corrected chi connectivity index (χ1v) is 5.77. The molecule has 0 atom stereocenters. The Hall–Kier alpha value is -1.42. The SMILES string of the molecule is CCC1(O)CN(C(=O)Cc2ccc(F)cc2)C1. The Kier molecular flexibility index (Phi) is 3.15. The van der Waals surface area contributed by atoms with E-state index in [4.69, 9.17) is 0 Å². The van der Waals surface area contributed by atoms with Gasteiger partial charge in [0.15, 0.2) is 0 Å². The quantitative estimate of drug-likeness (QED) is 0.862. The second-order valence-corrected chi connectivity index (χ2v) is 4.63. The Morgan fingerprint density at radius 1 is 1.41 bits per heavy atom. The number of likely N-dealkylation sites (tertiary alicyclic amines) is 1. The molecule has 3 nitrogen and oxygen atoms in total. The van der Waals surface area contributed by atoms with Crippen molar-refractivity contribution < 1.29 is 14.3 Å². The Morgan fingerprint density at radius 2 is 2.00 bits per heavy atom. The van der Waals surface area contributed by atoms with E-state index in [-0.39, 0.29) is 18.1 Å². The highest BCUT2D eigenvalue weighted by Gasteiger charge is 2.41. The smallest absolute Gasteiger partial charge is 0.227 e. The zero-order valence-electron chi connectivity index (χ0n) is 9.82. The Morgan fingerprint density at radius 3 is 2.53 bits per heavy atom. The normalized spacial score (nSPS) is 17.7. The molecule has 1 fully saturated rings. The number of hydrogen-bond acceptors (Lipinski definition) is 2. The molecule has 4 heteroatoms. The molecule has 1 aromatic rings. The molecular formula is C13H16FNO2. The molecule has 0 spiro atoms. The van der Waals surface area contributed by atoms with Gasteiger partial charge in [0.2, 0.25) is 5.91 Å². The van der Waals surface area contributed by atoms with Crippen LogP contribution in [0, 0.1) is 5.82 Å². The van der Waals surface area contributed by atoms with Gasteiger partial charge in [-0.1, -0.05) is 19.1 Å². The zero-order chi connectivity index (χ0) is 12.5. The highest BCUT2D eigenvalue weighted by Crippen LogP contribution is 2.24. The summed E-state index contributed by atoms with van der Waals surface area (Å²) in [6, 6.07) is 5.92. The molecule has 0 radical (unpaired) electrons. The van der Waals surface area contributed by atoms with Crippen LogP contribution in [0.1, 0.15) is 18.9 Å². The maximum Gasteiger partial charge on any atom is 0.227 e. The van der Waals surface area contributed by atoms with E-state index >= 15 is 0 Å². The molecular weight excluding hydrogens is 221 g/mol. The van der Waals surface area contributed by atoms with Gasteiger partial charge in [-0.3, -0.25) is 4.79 Å². The lowest BCUT2D eigenvalue weighted by molar-refractivity contribution is -0.155. The van der Waals surface area contributed by atoms with Crippen molar-refractivity contribution in [2.75, 3.05) is 13.1 Å². The van der Waals surface area contributed by atoms with Gasteiger partial charge in [0, 0.05) is 0 Å². The number of carbonyl (C=O) groups is 1. The van der Waals surface area contributed by atoms with Gasteiger partial charge in [0.25, 0.3) is 0 Å². The molecule has 0 aliphatic carbocycles. The van der Waals surface area contributed by atoms with Crippen LogP contribution in [-0.2, 0) is 11.2 Å². The van der Waals surface area contributed by atoms with Crippen molar-refractivity contribution in [3.63, 3.8) is 0 Å². The molecule has 17 heavy (non-hydrogen) atoms. The first-order chi connectivity index (χ1) is 8.02. The standard InChI is InChI=1S/C13H16FNO2/c1-2-13(17)8-15(9-13)12(16)7-10-3-5-11(14)6-4-10/h3-6,17H,2,7-9H2,1H3. The summed E-state index contributed by atoms with van der Waals surface area (Å²) in [5.41, 5.74) is 0.0988. The van der Waals surface area contributed by atoms with Gasteiger partial charge in [-0.15, -0.1) is 0 Å². The summed E-state index contributed by atoms with van der Waals surface area (Å²) in [6.45, 7) is 2.72.